The second-order valence-electron chi connectivity index (χ2n) is 1.78. The molecule has 0 heterocycles. The predicted molar refractivity (Wildman–Crippen MR) is 35.9 cm³/mol. The van der Waals surface area contributed by atoms with Gasteiger partial charge in [-0.3, -0.25) is 0 Å². The third-order valence-electron chi connectivity index (χ3n) is 0.728. The number of halogens is 1. The van der Waals surface area contributed by atoms with Crippen LogP contribution in [0.2, 0.25) is 0 Å². The Morgan fingerprint density at radius 2 is 2.44 bits per heavy atom. The third-order valence-corrected chi connectivity index (χ3v) is 1.83. The molecule has 0 saturated heterocycles. The van der Waals surface area contributed by atoms with Gasteiger partial charge in [0.1, 0.15) is 0 Å². The number of rotatable bonds is 4. The highest BCUT2D eigenvalue weighted by Crippen LogP contribution is 1.99. The first-order valence-electron chi connectivity index (χ1n) is 2.50. The number of hydrogen-bond donors (Lipinski definition) is 0. The molecule has 0 fully saturated rings. The van der Waals surface area contributed by atoms with Gasteiger partial charge in [0, 0.05) is 5.33 Å². The van der Waals surface area contributed by atoms with Crippen LogP contribution in [0.3, 0.4) is 0 Å². The summed E-state index contributed by atoms with van der Waals surface area (Å²) >= 11 is 3.16. The Morgan fingerprint density at radius 3 is 2.78 bits per heavy atom. The van der Waals surface area contributed by atoms with Gasteiger partial charge in [0.2, 0.25) is 0 Å². The van der Waals surface area contributed by atoms with E-state index in [0.29, 0.717) is 0 Å². The molecule has 0 saturated carbocycles. The summed E-state index contributed by atoms with van der Waals surface area (Å²) in [5.41, 5.74) is 0. The molecule has 0 bridgehead atoms. The first-order chi connectivity index (χ1) is 4.16. The van der Waals surface area contributed by atoms with Crippen molar-refractivity contribution in [2.75, 3.05) is 11.9 Å². The lowest BCUT2D eigenvalue weighted by Crippen LogP contribution is -2.10. The first kappa shape index (κ1) is 8.68. The van der Waals surface area contributed by atoms with Crippen LogP contribution in [-0.2, 0) is 4.84 Å². The molecule has 1 atom stereocenters. The Hall–Kier alpha value is -0.320. The minimum absolute atomic E-state index is 0.165. The Kier molecular flexibility index (Phi) is 4.39. The van der Waals surface area contributed by atoms with Gasteiger partial charge in [-0.15, -0.1) is 10.1 Å². The molecule has 0 aromatic heterocycles. The smallest absolute Gasteiger partial charge is 0.294 e. The van der Waals surface area contributed by atoms with E-state index >= 15 is 0 Å². The maximum absolute atomic E-state index is 9.59. The van der Waals surface area contributed by atoms with Crippen molar-refractivity contribution in [3.8, 4) is 0 Å². The molecular weight excluding hydrogens is 190 g/mol. The molecular formula is C4H8BrNO3. The van der Waals surface area contributed by atoms with E-state index in [1.807, 2.05) is 6.92 Å². The minimum atomic E-state index is -0.779. The fraction of sp³-hybridized carbons (Fsp3) is 1.00. The molecule has 0 rings (SSSR count). The van der Waals surface area contributed by atoms with E-state index in [9.17, 15) is 10.1 Å². The molecule has 0 N–H and O–H groups in total. The summed E-state index contributed by atoms with van der Waals surface area (Å²) in [6.45, 7) is 2.02. The van der Waals surface area contributed by atoms with E-state index in [4.69, 9.17) is 0 Å². The zero-order valence-electron chi connectivity index (χ0n) is 5.04. The van der Waals surface area contributed by atoms with Crippen molar-refractivity contribution >= 4 is 15.9 Å². The summed E-state index contributed by atoms with van der Waals surface area (Å²) in [7, 11) is 0. The van der Waals surface area contributed by atoms with Gasteiger partial charge >= 0.3 is 0 Å². The second-order valence-corrected chi connectivity index (χ2v) is 2.43. The highest BCUT2D eigenvalue weighted by molar-refractivity contribution is 9.09. The average molecular weight is 198 g/mol. The normalized spacial score (nSPS) is 12.7. The van der Waals surface area contributed by atoms with Crippen LogP contribution in [0.15, 0.2) is 0 Å². The first-order valence-corrected chi connectivity index (χ1v) is 3.62. The van der Waals surface area contributed by atoms with Crippen molar-refractivity contribution in [3.05, 3.63) is 10.1 Å². The average Bonchev–Trinajstić information content (AvgIpc) is 1.83. The van der Waals surface area contributed by atoms with Crippen LogP contribution in [0.5, 0.6) is 0 Å². The number of alkyl halides is 1. The number of hydrogen-bond acceptors (Lipinski definition) is 3. The van der Waals surface area contributed by atoms with Gasteiger partial charge in [0.15, 0.2) is 0 Å². The van der Waals surface area contributed by atoms with E-state index in [-0.39, 0.29) is 12.5 Å². The van der Waals surface area contributed by atoms with Crippen molar-refractivity contribution in [2.24, 2.45) is 5.92 Å². The zero-order chi connectivity index (χ0) is 7.28. The van der Waals surface area contributed by atoms with Crippen molar-refractivity contribution in [1.82, 2.24) is 0 Å². The zero-order valence-corrected chi connectivity index (χ0v) is 6.63. The van der Waals surface area contributed by atoms with Crippen molar-refractivity contribution in [3.63, 3.8) is 0 Å². The van der Waals surface area contributed by atoms with Gasteiger partial charge < -0.3 is 4.84 Å². The highest BCUT2D eigenvalue weighted by Gasteiger charge is 2.01. The molecule has 0 spiro atoms. The molecule has 0 aliphatic carbocycles. The molecule has 4 nitrogen and oxygen atoms in total. The summed E-state index contributed by atoms with van der Waals surface area (Å²) in [5.74, 6) is 0.190. The molecule has 0 radical (unpaired) electrons. The Bertz CT molecular complexity index is 97.8. The molecule has 0 aromatic rings. The van der Waals surface area contributed by atoms with Crippen LogP contribution in [0.25, 0.3) is 0 Å². The second kappa shape index (κ2) is 4.55. The lowest BCUT2D eigenvalue weighted by molar-refractivity contribution is -0.759. The standard InChI is InChI=1S/C4H8BrNO3/c1-4(2-5)3-9-6(7)8/h4H,2-3H2,1H3. The minimum Gasteiger partial charge on any atom is -0.314 e. The molecule has 0 aliphatic heterocycles. The van der Waals surface area contributed by atoms with Crippen LogP contribution in [0, 0.1) is 16.0 Å². The molecule has 0 amide bonds. The molecule has 1 unspecified atom stereocenters. The largest absolute Gasteiger partial charge is 0.314 e. The summed E-state index contributed by atoms with van der Waals surface area (Å²) in [4.78, 5) is 13.7. The topological polar surface area (TPSA) is 52.4 Å². The molecule has 5 heteroatoms. The quantitative estimate of drug-likeness (QED) is 0.387. The highest BCUT2D eigenvalue weighted by atomic mass is 79.9. The molecule has 0 aliphatic rings. The predicted octanol–water partition coefficient (Wildman–Crippen LogP) is 1.23. The number of nitrogens with zero attached hydrogens (tertiary/aromatic N) is 1. The van der Waals surface area contributed by atoms with E-state index < -0.39 is 5.09 Å². The van der Waals surface area contributed by atoms with E-state index in [0.717, 1.165) is 5.33 Å². The van der Waals surface area contributed by atoms with Crippen molar-refractivity contribution < 1.29 is 9.92 Å². The fourth-order valence-corrected chi connectivity index (χ4v) is 0.420. The summed E-state index contributed by atoms with van der Waals surface area (Å²) in [6.07, 6.45) is 0. The molecule has 9 heavy (non-hydrogen) atoms. The van der Waals surface area contributed by atoms with Crippen molar-refractivity contribution in [1.29, 1.82) is 0 Å². The monoisotopic (exact) mass is 197 g/mol. The summed E-state index contributed by atoms with van der Waals surface area (Å²) < 4.78 is 0. The fourth-order valence-electron chi connectivity index (χ4n) is 0.233. The van der Waals surface area contributed by atoms with Gasteiger partial charge in [-0.25, -0.2) is 0 Å². The van der Waals surface area contributed by atoms with Crippen LogP contribution >= 0.6 is 15.9 Å². The van der Waals surface area contributed by atoms with Gasteiger partial charge in [0.05, 0.1) is 6.61 Å². The maximum atomic E-state index is 9.59. The van der Waals surface area contributed by atoms with Crippen LogP contribution in [-0.4, -0.2) is 17.0 Å². The Balaban J connectivity index is 3.16. The van der Waals surface area contributed by atoms with Gasteiger partial charge in [-0.2, -0.15) is 0 Å². The van der Waals surface area contributed by atoms with E-state index in [1.165, 1.54) is 0 Å². The van der Waals surface area contributed by atoms with Crippen LogP contribution < -0.4 is 0 Å². The van der Waals surface area contributed by atoms with Gasteiger partial charge in [-0.05, 0) is 5.92 Å². The van der Waals surface area contributed by atoms with E-state index in [2.05, 4.69) is 20.8 Å². The Morgan fingerprint density at radius 1 is 1.89 bits per heavy atom. The molecule has 54 valence electrons. The lowest BCUT2D eigenvalue weighted by Gasteiger charge is -2.02. The third kappa shape index (κ3) is 5.55. The van der Waals surface area contributed by atoms with Gasteiger partial charge in [-0.1, -0.05) is 22.9 Å². The Labute approximate surface area is 61.4 Å². The summed E-state index contributed by atoms with van der Waals surface area (Å²) in [6, 6.07) is 0. The SMILES string of the molecule is CC(CBr)CO[N+](=O)[O-]. The van der Waals surface area contributed by atoms with Gasteiger partial charge in [0.25, 0.3) is 5.09 Å². The maximum Gasteiger partial charge on any atom is 0.294 e. The van der Waals surface area contributed by atoms with Crippen LogP contribution in [0.1, 0.15) is 6.92 Å². The van der Waals surface area contributed by atoms with Crippen molar-refractivity contribution in [2.45, 2.75) is 6.92 Å². The molecule has 0 aromatic carbocycles. The van der Waals surface area contributed by atoms with Crippen LogP contribution in [0.4, 0.5) is 0 Å². The lowest BCUT2D eigenvalue weighted by atomic mass is 10.2. The van der Waals surface area contributed by atoms with E-state index in [1.54, 1.807) is 0 Å². The summed E-state index contributed by atoms with van der Waals surface area (Å²) in [5, 5.41) is 9.53.